The largest absolute Gasteiger partial charge is 0.347 e. The smallest absolute Gasteiger partial charge is 0.332 e. The Morgan fingerprint density at radius 3 is 2.36 bits per heavy atom. The first-order valence-corrected chi connectivity index (χ1v) is 8.16. The molecule has 0 radical (unpaired) electrons. The zero-order valence-corrected chi connectivity index (χ0v) is 14.6. The third-order valence-corrected chi connectivity index (χ3v) is 4.79. The summed E-state index contributed by atoms with van der Waals surface area (Å²) in [6.45, 7) is 2.17. The predicted octanol–water partition coefficient (Wildman–Crippen LogP) is 0.449. The van der Waals surface area contributed by atoms with Crippen LogP contribution in [0.25, 0.3) is 0 Å². The summed E-state index contributed by atoms with van der Waals surface area (Å²) in [5, 5.41) is 9.56. The highest BCUT2D eigenvalue weighted by molar-refractivity contribution is 5.55. The summed E-state index contributed by atoms with van der Waals surface area (Å²) in [5.41, 5.74) is 0.122. The van der Waals surface area contributed by atoms with Gasteiger partial charge in [-0.15, -0.1) is 0 Å². The van der Waals surface area contributed by atoms with Gasteiger partial charge in [-0.05, 0) is 12.6 Å². The number of aromatic nitrogens is 2. The molecular formula is C18H21N5O2. The molecular weight excluding hydrogens is 318 g/mol. The van der Waals surface area contributed by atoms with Crippen LogP contribution in [0.5, 0.6) is 0 Å². The van der Waals surface area contributed by atoms with Crippen LogP contribution in [-0.4, -0.2) is 40.7 Å². The van der Waals surface area contributed by atoms with Crippen molar-refractivity contribution in [2.45, 2.75) is 6.04 Å². The fraction of sp³-hybridized carbons (Fsp3) is 0.389. The second-order valence-electron chi connectivity index (χ2n) is 6.40. The number of hydrogen-bond donors (Lipinski definition) is 0. The fourth-order valence-electron chi connectivity index (χ4n) is 3.40. The Morgan fingerprint density at radius 2 is 1.72 bits per heavy atom. The minimum absolute atomic E-state index is 0.00934. The molecule has 1 unspecified atom stereocenters. The molecule has 0 saturated carbocycles. The predicted molar refractivity (Wildman–Crippen MR) is 95.7 cm³/mol. The summed E-state index contributed by atoms with van der Waals surface area (Å²) in [7, 11) is 5.05. The van der Waals surface area contributed by atoms with Crippen LogP contribution in [0.3, 0.4) is 0 Å². The molecule has 1 aliphatic rings. The number of nitrogens with zero attached hydrogens (tertiary/aromatic N) is 5. The van der Waals surface area contributed by atoms with Crippen LogP contribution in [0.4, 0.5) is 5.82 Å². The van der Waals surface area contributed by atoms with Crippen molar-refractivity contribution in [3.63, 3.8) is 0 Å². The molecule has 7 nitrogen and oxygen atoms in total. The number of benzene rings is 1. The number of nitriles is 1. The molecule has 0 N–H and O–H groups in total. The second kappa shape index (κ2) is 6.57. The van der Waals surface area contributed by atoms with Gasteiger partial charge < -0.3 is 9.80 Å². The molecule has 1 aromatic carbocycles. The van der Waals surface area contributed by atoms with Crippen molar-refractivity contribution in [3.05, 3.63) is 62.3 Å². The van der Waals surface area contributed by atoms with E-state index in [1.807, 2.05) is 48.3 Å². The van der Waals surface area contributed by atoms with Crippen LogP contribution < -0.4 is 16.1 Å². The van der Waals surface area contributed by atoms with Crippen molar-refractivity contribution in [2.75, 3.05) is 31.6 Å². The van der Waals surface area contributed by atoms with E-state index in [1.54, 1.807) is 7.05 Å². The Morgan fingerprint density at radius 1 is 1.04 bits per heavy atom. The van der Waals surface area contributed by atoms with Crippen molar-refractivity contribution < 1.29 is 0 Å². The van der Waals surface area contributed by atoms with Crippen LogP contribution in [-0.2, 0) is 14.1 Å². The molecule has 0 amide bonds. The van der Waals surface area contributed by atoms with Gasteiger partial charge in [-0.3, -0.25) is 13.9 Å². The molecule has 130 valence electrons. The van der Waals surface area contributed by atoms with E-state index in [2.05, 4.69) is 4.90 Å². The van der Waals surface area contributed by atoms with Crippen LogP contribution in [0.15, 0.2) is 39.9 Å². The quantitative estimate of drug-likeness (QED) is 0.794. The number of likely N-dealkylation sites (N-methyl/N-ethyl adjacent to an activating group) is 1. The highest BCUT2D eigenvalue weighted by Crippen LogP contribution is 2.30. The topological polar surface area (TPSA) is 74.3 Å². The average Bonchev–Trinajstić information content (AvgIpc) is 2.64. The van der Waals surface area contributed by atoms with Gasteiger partial charge in [0, 0.05) is 33.7 Å². The van der Waals surface area contributed by atoms with Crippen LogP contribution in [0.1, 0.15) is 17.2 Å². The summed E-state index contributed by atoms with van der Waals surface area (Å²) in [5.74, 6) is 0.401. The van der Waals surface area contributed by atoms with Crippen molar-refractivity contribution in [2.24, 2.45) is 14.1 Å². The van der Waals surface area contributed by atoms with Gasteiger partial charge in [0.2, 0.25) is 0 Å². The van der Waals surface area contributed by atoms with Gasteiger partial charge in [-0.25, -0.2) is 4.79 Å². The Bertz CT molecular complexity index is 939. The third-order valence-electron chi connectivity index (χ3n) is 4.79. The fourth-order valence-corrected chi connectivity index (χ4v) is 3.40. The summed E-state index contributed by atoms with van der Waals surface area (Å²) in [6, 6.07) is 11.9. The van der Waals surface area contributed by atoms with Gasteiger partial charge in [0.05, 0.1) is 6.04 Å². The average molecular weight is 339 g/mol. The number of piperazine rings is 1. The molecule has 2 heterocycles. The minimum Gasteiger partial charge on any atom is -0.347 e. The zero-order valence-electron chi connectivity index (χ0n) is 14.6. The van der Waals surface area contributed by atoms with E-state index in [1.165, 1.54) is 11.6 Å². The molecule has 0 aliphatic carbocycles. The summed E-state index contributed by atoms with van der Waals surface area (Å²) >= 11 is 0. The summed E-state index contributed by atoms with van der Waals surface area (Å²) < 4.78 is 2.39. The molecule has 1 fully saturated rings. The molecule has 1 saturated heterocycles. The summed E-state index contributed by atoms with van der Waals surface area (Å²) in [6.07, 6.45) is 0. The SMILES string of the molecule is CN1CCN(c2c(C#N)c(=O)n(C)c(=O)n2C)C(c2ccccc2)C1. The minimum atomic E-state index is -0.550. The maximum Gasteiger partial charge on any atom is 0.332 e. The van der Waals surface area contributed by atoms with E-state index < -0.39 is 11.2 Å². The van der Waals surface area contributed by atoms with Gasteiger partial charge >= 0.3 is 5.69 Å². The number of hydrogen-bond acceptors (Lipinski definition) is 5. The maximum atomic E-state index is 12.4. The van der Waals surface area contributed by atoms with E-state index in [0.717, 1.165) is 23.2 Å². The Hall–Kier alpha value is -2.85. The van der Waals surface area contributed by atoms with E-state index >= 15 is 0 Å². The maximum absolute atomic E-state index is 12.4. The highest BCUT2D eigenvalue weighted by atomic mass is 16.2. The van der Waals surface area contributed by atoms with Crippen molar-refractivity contribution in [1.82, 2.24) is 14.0 Å². The van der Waals surface area contributed by atoms with Crippen LogP contribution in [0, 0.1) is 11.3 Å². The van der Waals surface area contributed by atoms with Gasteiger partial charge in [0.15, 0.2) is 5.56 Å². The lowest BCUT2D eigenvalue weighted by Gasteiger charge is -2.42. The Kier molecular flexibility index (Phi) is 4.47. The van der Waals surface area contributed by atoms with E-state index in [0.29, 0.717) is 12.4 Å². The van der Waals surface area contributed by atoms with Crippen molar-refractivity contribution >= 4 is 5.82 Å². The van der Waals surface area contributed by atoms with Gasteiger partial charge in [0.1, 0.15) is 11.9 Å². The monoisotopic (exact) mass is 339 g/mol. The summed E-state index contributed by atoms with van der Waals surface area (Å²) in [4.78, 5) is 29.1. The third kappa shape index (κ3) is 2.85. The van der Waals surface area contributed by atoms with E-state index in [-0.39, 0.29) is 11.6 Å². The molecule has 1 atom stereocenters. The number of rotatable bonds is 2. The molecule has 1 aliphatic heterocycles. The second-order valence-corrected chi connectivity index (χ2v) is 6.40. The molecule has 3 rings (SSSR count). The Balaban J connectivity index is 2.22. The lowest BCUT2D eigenvalue weighted by atomic mass is 10.0. The molecule has 0 spiro atoms. The first-order valence-electron chi connectivity index (χ1n) is 8.16. The lowest BCUT2D eigenvalue weighted by Crippen LogP contribution is -2.50. The molecule has 7 heteroatoms. The van der Waals surface area contributed by atoms with E-state index in [4.69, 9.17) is 0 Å². The first-order chi connectivity index (χ1) is 12.0. The normalized spacial score (nSPS) is 18.2. The molecule has 1 aromatic heterocycles. The molecule has 25 heavy (non-hydrogen) atoms. The van der Waals surface area contributed by atoms with Crippen molar-refractivity contribution in [3.8, 4) is 6.07 Å². The van der Waals surface area contributed by atoms with Gasteiger partial charge in [-0.2, -0.15) is 5.26 Å². The zero-order chi connectivity index (χ0) is 18.1. The highest BCUT2D eigenvalue weighted by Gasteiger charge is 2.31. The standard InChI is InChI=1S/C18H21N5O2/c1-20-9-10-23(15(12-20)13-7-5-4-6-8-13)16-14(11-19)17(24)22(3)18(25)21(16)2/h4-8,15H,9-10,12H2,1-3H3. The van der Waals surface area contributed by atoms with Crippen molar-refractivity contribution in [1.29, 1.82) is 5.26 Å². The number of anilines is 1. The lowest BCUT2D eigenvalue weighted by molar-refractivity contribution is 0.266. The molecule has 2 aromatic rings. The van der Waals surface area contributed by atoms with Gasteiger partial charge in [-0.1, -0.05) is 30.3 Å². The molecule has 0 bridgehead atoms. The van der Waals surface area contributed by atoms with Gasteiger partial charge in [0.25, 0.3) is 5.56 Å². The Labute approximate surface area is 145 Å². The van der Waals surface area contributed by atoms with Crippen LogP contribution >= 0.6 is 0 Å². The first kappa shape index (κ1) is 17.0. The van der Waals surface area contributed by atoms with E-state index in [9.17, 15) is 14.9 Å². The van der Waals surface area contributed by atoms with Crippen LogP contribution in [0.2, 0.25) is 0 Å².